The van der Waals surface area contributed by atoms with E-state index in [0.717, 1.165) is 5.69 Å². The van der Waals surface area contributed by atoms with Gasteiger partial charge in [-0.2, -0.15) is 0 Å². The van der Waals surface area contributed by atoms with Crippen molar-refractivity contribution in [1.82, 2.24) is 4.98 Å². The number of carbonyl (C=O) groups excluding carboxylic acids is 1. The Labute approximate surface area is 106 Å². The van der Waals surface area contributed by atoms with Crippen LogP contribution in [-0.2, 0) is 0 Å². The van der Waals surface area contributed by atoms with Crippen molar-refractivity contribution in [2.75, 3.05) is 0 Å². The van der Waals surface area contributed by atoms with E-state index < -0.39 is 5.24 Å². The molecule has 0 spiro atoms. The van der Waals surface area contributed by atoms with Gasteiger partial charge >= 0.3 is 0 Å². The number of carbonyl (C=O) groups is 1. The standard InChI is InChI=1S/C7H5ClO.C7H9N/c8-7(9)6-4-2-1-3-5-6;1-6-4-3-5-8-7(6)2/h1-5H;3-5H,1-2H3. The highest BCUT2D eigenvalue weighted by molar-refractivity contribution is 6.67. The Balaban J connectivity index is 0.000000171. The molecule has 1 heterocycles. The van der Waals surface area contributed by atoms with E-state index >= 15 is 0 Å². The molecule has 2 aromatic rings. The first-order chi connectivity index (χ1) is 8.11. The number of pyridine rings is 1. The summed E-state index contributed by atoms with van der Waals surface area (Å²) in [5.74, 6) is 0. The highest BCUT2D eigenvalue weighted by Crippen LogP contribution is 2.01. The summed E-state index contributed by atoms with van der Waals surface area (Å²) >= 11 is 5.16. The molecule has 2 rings (SSSR count). The van der Waals surface area contributed by atoms with Crippen molar-refractivity contribution in [3.8, 4) is 0 Å². The second-order valence-electron chi connectivity index (χ2n) is 3.55. The van der Waals surface area contributed by atoms with Gasteiger partial charge in [-0.15, -0.1) is 0 Å². The van der Waals surface area contributed by atoms with Gasteiger partial charge in [-0.3, -0.25) is 9.78 Å². The van der Waals surface area contributed by atoms with Gasteiger partial charge in [0.05, 0.1) is 0 Å². The average molecular weight is 248 g/mol. The number of benzene rings is 1. The lowest BCUT2D eigenvalue weighted by Gasteiger charge is -1.92. The van der Waals surface area contributed by atoms with Gasteiger partial charge in [-0.1, -0.05) is 36.4 Å². The van der Waals surface area contributed by atoms with Gasteiger partial charge < -0.3 is 0 Å². The third kappa shape index (κ3) is 4.79. The summed E-state index contributed by atoms with van der Waals surface area (Å²) in [5, 5.41) is -0.407. The molecule has 0 aliphatic carbocycles. The minimum atomic E-state index is -0.407. The minimum absolute atomic E-state index is 0.407. The van der Waals surface area contributed by atoms with Gasteiger partial charge in [0.25, 0.3) is 5.24 Å². The van der Waals surface area contributed by atoms with Crippen molar-refractivity contribution >= 4 is 16.8 Å². The van der Waals surface area contributed by atoms with Crippen molar-refractivity contribution in [3.63, 3.8) is 0 Å². The SMILES string of the molecule is Cc1cccnc1C.O=C(Cl)c1ccccc1. The molecule has 3 heteroatoms. The summed E-state index contributed by atoms with van der Waals surface area (Å²) in [6.45, 7) is 4.07. The third-order valence-corrected chi connectivity index (χ3v) is 2.49. The molecule has 1 aromatic carbocycles. The van der Waals surface area contributed by atoms with Crippen molar-refractivity contribution < 1.29 is 4.79 Å². The van der Waals surface area contributed by atoms with Crippen LogP contribution in [0.3, 0.4) is 0 Å². The zero-order chi connectivity index (χ0) is 12.7. The predicted molar refractivity (Wildman–Crippen MR) is 70.3 cm³/mol. The van der Waals surface area contributed by atoms with E-state index in [0.29, 0.717) is 5.56 Å². The summed E-state index contributed by atoms with van der Waals surface area (Å²) in [7, 11) is 0. The summed E-state index contributed by atoms with van der Waals surface area (Å²) in [6.07, 6.45) is 1.81. The van der Waals surface area contributed by atoms with Crippen LogP contribution in [0, 0.1) is 13.8 Å². The fourth-order valence-electron chi connectivity index (χ4n) is 1.13. The molecule has 0 aliphatic rings. The van der Waals surface area contributed by atoms with Crippen LogP contribution in [0.25, 0.3) is 0 Å². The number of halogens is 1. The van der Waals surface area contributed by atoms with Crippen molar-refractivity contribution in [1.29, 1.82) is 0 Å². The first kappa shape index (κ1) is 13.4. The van der Waals surface area contributed by atoms with E-state index in [4.69, 9.17) is 11.6 Å². The molecular formula is C14H14ClNO. The Morgan fingerprint density at radius 1 is 1.06 bits per heavy atom. The topological polar surface area (TPSA) is 30.0 Å². The normalized spacial score (nSPS) is 9.12. The number of nitrogens with zero attached hydrogens (tertiary/aromatic N) is 1. The monoisotopic (exact) mass is 247 g/mol. The van der Waals surface area contributed by atoms with E-state index in [1.54, 1.807) is 24.3 Å². The maximum Gasteiger partial charge on any atom is 0.252 e. The number of aromatic nitrogens is 1. The molecule has 0 N–H and O–H groups in total. The van der Waals surface area contributed by atoms with Gasteiger partial charge in [0.2, 0.25) is 0 Å². The van der Waals surface area contributed by atoms with Crippen molar-refractivity contribution in [2.45, 2.75) is 13.8 Å². The molecule has 88 valence electrons. The lowest BCUT2D eigenvalue weighted by atomic mass is 10.2. The van der Waals surface area contributed by atoms with Gasteiger partial charge in [0.15, 0.2) is 0 Å². The number of hydrogen-bond donors (Lipinski definition) is 0. The molecule has 1 aromatic heterocycles. The van der Waals surface area contributed by atoms with Gasteiger partial charge in [0, 0.05) is 17.5 Å². The number of aryl methyl sites for hydroxylation is 2. The Morgan fingerprint density at radius 3 is 2.06 bits per heavy atom. The largest absolute Gasteiger partial charge is 0.276 e. The first-order valence-corrected chi connectivity index (χ1v) is 5.62. The van der Waals surface area contributed by atoms with E-state index in [1.807, 2.05) is 25.3 Å². The average Bonchev–Trinajstić information content (AvgIpc) is 2.35. The van der Waals surface area contributed by atoms with Crippen molar-refractivity contribution in [3.05, 3.63) is 65.5 Å². The summed E-state index contributed by atoms with van der Waals surface area (Å²) < 4.78 is 0. The van der Waals surface area contributed by atoms with Gasteiger partial charge in [0.1, 0.15) is 0 Å². The van der Waals surface area contributed by atoms with Gasteiger partial charge in [-0.25, -0.2) is 0 Å². The molecule has 0 aliphatic heterocycles. The van der Waals surface area contributed by atoms with E-state index in [2.05, 4.69) is 18.0 Å². The molecule has 0 radical (unpaired) electrons. The van der Waals surface area contributed by atoms with E-state index in [-0.39, 0.29) is 0 Å². The maximum absolute atomic E-state index is 10.4. The Bertz CT molecular complexity index is 462. The maximum atomic E-state index is 10.4. The fourth-order valence-corrected chi connectivity index (χ4v) is 1.26. The summed E-state index contributed by atoms with van der Waals surface area (Å²) in [6, 6.07) is 12.7. The van der Waals surface area contributed by atoms with Crippen LogP contribution in [0.5, 0.6) is 0 Å². The minimum Gasteiger partial charge on any atom is -0.276 e. The number of hydrogen-bond acceptors (Lipinski definition) is 2. The second kappa shape index (κ2) is 6.81. The molecule has 2 nitrogen and oxygen atoms in total. The molecular weight excluding hydrogens is 234 g/mol. The lowest BCUT2D eigenvalue weighted by molar-refractivity contribution is 0.108. The summed E-state index contributed by atoms with van der Waals surface area (Å²) in [4.78, 5) is 14.5. The van der Waals surface area contributed by atoms with Crippen LogP contribution in [-0.4, -0.2) is 10.2 Å². The first-order valence-electron chi connectivity index (χ1n) is 5.24. The zero-order valence-electron chi connectivity index (χ0n) is 9.85. The third-order valence-electron chi connectivity index (χ3n) is 2.27. The second-order valence-corrected chi connectivity index (χ2v) is 3.89. The van der Waals surface area contributed by atoms with E-state index in [1.165, 1.54) is 5.56 Å². The van der Waals surface area contributed by atoms with Crippen LogP contribution in [0.4, 0.5) is 0 Å². The molecule has 0 saturated heterocycles. The molecule has 0 saturated carbocycles. The van der Waals surface area contributed by atoms with E-state index in [9.17, 15) is 4.79 Å². The molecule has 0 unspecified atom stereocenters. The van der Waals surface area contributed by atoms with Crippen LogP contribution in [0.15, 0.2) is 48.7 Å². The quantitative estimate of drug-likeness (QED) is 0.718. The zero-order valence-corrected chi connectivity index (χ0v) is 10.6. The Hall–Kier alpha value is -1.67. The smallest absolute Gasteiger partial charge is 0.252 e. The highest BCUT2D eigenvalue weighted by atomic mass is 35.5. The van der Waals surface area contributed by atoms with Crippen molar-refractivity contribution in [2.24, 2.45) is 0 Å². The molecule has 0 bridgehead atoms. The molecule has 17 heavy (non-hydrogen) atoms. The molecule has 0 amide bonds. The van der Waals surface area contributed by atoms with Gasteiger partial charge in [-0.05, 0) is 37.1 Å². The number of rotatable bonds is 1. The van der Waals surface area contributed by atoms with Crippen LogP contribution >= 0.6 is 11.6 Å². The summed E-state index contributed by atoms with van der Waals surface area (Å²) in [5.41, 5.74) is 2.92. The molecule has 0 fully saturated rings. The predicted octanol–water partition coefficient (Wildman–Crippen LogP) is 3.76. The Morgan fingerprint density at radius 2 is 1.71 bits per heavy atom. The van der Waals surface area contributed by atoms with Crippen LogP contribution in [0.2, 0.25) is 0 Å². The molecule has 0 atom stereocenters. The Kier molecular flexibility index (Phi) is 5.37. The fraction of sp³-hybridized carbons (Fsp3) is 0.143. The van der Waals surface area contributed by atoms with Crippen LogP contribution < -0.4 is 0 Å². The highest BCUT2D eigenvalue weighted by Gasteiger charge is 1.95. The lowest BCUT2D eigenvalue weighted by Crippen LogP contribution is -1.84. The van der Waals surface area contributed by atoms with Crippen LogP contribution in [0.1, 0.15) is 21.6 Å².